The van der Waals surface area contributed by atoms with Crippen molar-refractivity contribution < 1.29 is 42.8 Å². The normalized spacial score (nSPS) is 10.7. The van der Waals surface area contributed by atoms with E-state index >= 15 is 0 Å². The van der Waals surface area contributed by atoms with Crippen molar-refractivity contribution in [3.8, 4) is 45.0 Å². The molecule has 78 heavy (non-hydrogen) atoms. The fourth-order valence-electron chi connectivity index (χ4n) is 9.42. The van der Waals surface area contributed by atoms with Crippen molar-refractivity contribution in [2.75, 3.05) is 0 Å². The number of hydrogen-bond donors (Lipinski definition) is 1. The van der Waals surface area contributed by atoms with Gasteiger partial charge in [0.15, 0.2) is 0 Å². The van der Waals surface area contributed by atoms with Gasteiger partial charge in [0.05, 0.1) is 22.1 Å². The Bertz CT molecular complexity index is 3870. The molecule has 0 aliphatic rings. The predicted molar refractivity (Wildman–Crippen MR) is 303 cm³/mol. The van der Waals surface area contributed by atoms with Gasteiger partial charge in [-0.05, 0) is 120 Å². The molecule has 1 radical (unpaired) electrons. The summed E-state index contributed by atoms with van der Waals surface area (Å²) < 4.78 is 56.4. The molecule has 6 nitrogen and oxygen atoms in total. The number of halogens is 4. The summed E-state index contributed by atoms with van der Waals surface area (Å²) in [6.07, 6.45) is 4.70. The van der Waals surface area contributed by atoms with E-state index in [0.29, 0.717) is 17.1 Å². The zero-order valence-corrected chi connectivity index (χ0v) is 44.6. The van der Waals surface area contributed by atoms with Crippen molar-refractivity contribution in [3.63, 3.8) is 0 Å². The third-order valence-corrected chi connectivity index (χ3v) is 12.9. The van der Waals surface area contributed by atoms with Gasteiger partial charge in [0, 0.05) is 94.9 Å². The minimum absolute atomic E-state index is 0. The summed E-state index contributed by atoms with van der Waals surface area (Å²) in [5.41, 5.74) is 14.2. The maximum atomic E-state index is 13.2. The number of aryl methyl sites for hydroxylation is 2. The molecule has 0 fully saturated rings. The first-order valence-electron chi connectivity index (χ1n) is 24.6. The van der Waals surface area contributed by atoms with E-state index in [9.17, 15) is 17.6 Å². The molecule has 0 atom stereocenters. The molecule has 0 saturated heterocycles. The van der Waals surface area contributed by atoms with Gasteiger partial charge in [-0.3, -0.25) is 22.5 Å². The summed E-state index contributed by atoms with van der Waals surface area (Å²) >= 11 is 0. The average molecular weight is 1210 g/mol. The van der Waals surface area contributed by atoms with Crippen LogP contribution in [0.5, 0.6) is 0 Å². The SMILES string of the molecule is C=C(O)c1ccccn1.Cc1cc(-n2c3ccccc3c3ccccc32)ccc1-c1ccc(-n2c3ccccc3c3ccccc32)cc1C.Fc1c[c-]c(-c2ccccn2)c(F)c1.Fc1c[c-]c(-c2ccccn2)c(F)c1.[Ir]. The number of pyridine rings is 3. The van der Waals surface area contributed by atoms with Crippen molar-refractivity contribution in [2.45, 2.75) is 13.8 Å². The standard InChI is InChI=1S/C38H28N2.2C11H6F2N.C7H7NO.Ir/c1-25-23-27(39-35-15-7-3-11-31(35)32-12-4-8-16-36(32)39)19-21-29(25)30-22-20-28(24-26(30)2)40-37-17-9-5-13-33(37)34-14-6-10-18-38(34)40;2*12-8-4-5-9(10(13)7-8)11-3-1-2-6-14-11;1-6(9)7-4-2-3-5-8-7;/h3-24H,1-2H3;2*1-4,6-7H;2-5,9H,1H2;/q;2*-1;;. The summed E-state index contributed by atoms with van der Waals surface area (Å²) in [7, 11) is 0. The fourth-order valence-corrected chi connectivity index (χ4v) is 9.42. The van der Waals surface area contributed by atoms with Gasteiger partial charge in [-0.1, -0.05) is 145 Å². The summed E-state index contributed by atoms with van der Waals surface area (Å²) in [5.74, 6) is -2.56. The molecule has 8 aromatic carbocycles. The topological polar surface area (TPSA) is 68.8 Å². The number of aromatic nitrogens is 5. The van der Waals surface area contributed by atoms with Crippen molar-refractivity contribution >= 4 is 49.4 Å². The summed E-state index contributed by atoms with van der Waals surface area (Å²) in [6.45, 7) is 7.78. The van der Waals surface area contributed by atoms with Crippen LogP contribution in [0.4, 0.5) is 17.6 Å². The van der Waals surface area contributed by atoms with Gasteiger partial charge >= 0.3 is 0 Å². The second kappa shape index (κ2) is 24.2. The number of para-hydroxylation sites is 4. The van der Waals surface area contributed by atoms with Crippen LogP contribution < -0.4 is 0 Å². The molecule has 0 bridgehead atoms. The minimum atomic E-state index is -0.649. The Morgan fingerprint density at radius 2 is 0.782 bits per heavy atom. The number of benzene rings is 8. The Morgan fingerprint density at radius 3 is 1.08 bits per heavy atom. The zero-order valence-electron chi connectivity index (χ0n) is 42.2. The molecule has 385 valence electrons. The first-order chi connectivity index (χ1) is 37.5. The van der Waals surface area contributed by atoms with Crippen LogP contribution in [0, 0.1) is 49.2 Å². The van der Waals surface area contributed by atoms with Crippen molar-refractivity contribution in [2.24, 2.45) is 0 Å². The van der Waals surface area contributed by atoms with Crippen LogP contribution in [-0.2, 0) is 20.1 Å². The first-order valence-corrected chi connectivity index (χ1v) is 24.6. The largest absolute Gasteiger partial charge is 0.506 e. The summed E-state index contributed by atoms with van der Waals surface area (Å²) in [6, 6.07) is 72.8. The zero-order chi connectivity index (χ0) is 53.4. The molecular weight excluding hydrogens is 1160 g/mol. The molecule has 5 heterocycles. The quantitative estimate of drug-likeness (QED) is 0.102. The molecular formula is C67H47F4IrN5O-2. The van der Waals surface area contributed by atoms with Crippen LogP contribution in [0.25, 0.3) is 94.4 Å². The van der Waals surface area contributed by atoms with Crippen LogP contribution >= 0.6 is 0 Å². The van der Waals surface area contributed by atoms with Crippen LogP contribution in [0.2, 0.25) is 0 Å². The predicted octanol–water partition coefficient (Wildman–Crippen LogP) is 17.4. The van der Waals surface area contributed by atoms with Gasteiger partial charge in [0.25, 0.3) is 0 Å². The van der Waals surface area contributed by atoms with E-state index in [2.05, 4.69) is 190 Å². The van der Waals surface area contributed by atoms with Crippen LogP contribution in [-0.4, -0.2) is 29.2 Å². The first kappa shape index (κ1) is 53.5. The Labute approximate surface area is 462 Å². The summed E-state index contributed by atoms with van der Waals surface area (Å²) in [5, 5.41) is 13.9. The smallest absolute Gasteiger partial charge is 0.134 e. The van der Waals surface area contributed by atoms with Gasteiger partial charge in [-0.25, -0.2) is 0 Å². The van der Waals surface area contributed by atoms with Crippen molar-refractivity contribution in [1.82, 2.24) is 24.1 Å². The number of nitrogens with zero attached hydrogens (tertiary/aromatic N) is 5. The van der Waals surface area contributed by atoms with E-state index < -0.39 is 23.3 Å². The van der Waals surface area contributed by atoms with E-state index in [1.807, 2.05) is 0 Å². The molecule has 5 aromatic heterocycles. The van der Waals surface area contributed by atoms with Crippen molar-refractivity contribution in [3.05, 3.63) is 290 Å². The number of aliphatic hydroxyl groups excluding tert-OH is 1. The van der Waals surface area contributed by atoms with Crippen molar-refractivity contribution in [1.29, 1.82) is 0 Å². The molecule has 13 aromatic rings. The van der Waals surface area contributed by atoms with Crippen LogP contribution in [0.1, 0.15) is 16.8 Å². The van der Waals surface area contributed by atoms with Crippen LogP contribution in [0.15, 0.2) is 237 Å². The molecule has 1 N–H and O–H groups in total. The maximum absolute atomic E-state index is 13.2. The second-order valence-electron chi connectivity index (χ2n) is 17.9. The van der Waals surface area contributed by atoms with E-state index in [1.165, 1.54) is 77.2 Å². The van der Waals surface area contributed by atoms with Gasteiger partial charge in [-0.15, -0.1) is 24.3 Å². The number of aliphatic hydroxyl groups is 1. The summed E-state index contributed by atoms with van der Waals surface area (Å²) in [4.78, 5) is 11.7. The van der Waals surface area contributed by atoms with Gasteiger partial charge in [-0.2, -0.15) is 0 Å². The van der Waals surface area contributed by atoms with E-state index in [0.717, 1.165) is 24.3 Å². The Balaban J connectivity index is 0.000000158. The van der Waals surface area contributed by atoms with Gasteiger partial charge < -0.3 is 24.2 Å². The molecule has 0 saturated carbocycles. The third kappa shape index (κ3) is 11.4. The Morgan fingerprint density at radius 1 is 0.436 bits per heavy atom. The molecule has 0 amide bonds. The maximum Gasteiger partial charge on any atom is 0.134 e. The monoisotopic (exact) mass is 1210 g/mol. The molecule has 0 aliphatic heterocycles. The molecule has 0 aliphatic carbocycles. The van der Waals surface area contributed by atoms with Crippen LogP contribution in [0.3, 0.4) is 0 Å². The number of rotatable bonds is 6. The average Bonchev–Trinajstić information content (AvgIpc) is 4.17. The molecule has 0 unspecified atom stereocenters. The molecule has 0 spiro atoms. The number of hydrogen-bond acceptors (Lipinski definition) is 4. The van der Waals surface area contributed by atoms with E-state index in [-0.39, 0.29) is 37.0 Å². The van der Waals surface area contributed by atoms with Gasteiger partial charge in [0.2, 0.25) is 0 Å². The van der Waals surface area contributed by atoms with E-state index in [1.54, 1.807) is 73.2 Å². The second-order valence-corrected chi connectivity index (χ2v) is 17.9. The fraction of sp³-hybridized carbons (Fsp3) is 0.0299. The Kier molecular flexibility index (Phi) is 16.6. The Hall–Kier alpha value is -9.28. The number of fused-ring (bicyclic) bond motifs is 6. The van der Waals surface area contributed by atoms with E-state index in [4.69, 9.17) is 5.11 Å². The molecule has 13 rings (SSSR count). The van der Waals surface area contributed by atoms with Gasteiger partial charge in [0.1, 0.15) is 11.5 Å². The molecule has 11 heteroatoms. The third-order valence-electron chi connectivity index (χ3n) is 12.9. The minimum Gasteiger partial charge on any atom is -0.506 e.